The lowest BCUT2D eigenvalue weighted by atomic mass is 10.0. The fourth-order valence-corrected chi connectivity index (χ4v) is 11.8. The van der Waals surface area contributed by atoms with Crippen LogP contribution in [0.1, 0.15) is 78.0 Å². The maximum absolute atomic E-state index is 2.26. The monoisotopic (exact) mass is 1220 g/mol. The summed E-state index contributed by atoms with van der Waals surface area (Å²) in [4.78, 5) is 0. The molecule has 0 aliphatic rings. The van der Waals surface area contributed by atoms with Crippen LogP contribution in [0.2, 0.25) is 0 Å². The lowest BCUT2D eigenvalue weighted by Crippen LogP contribution is -2.34. The van der Waals surface area contributed by atoms with Crippen LogP contribution < -0.4 is 27.4 Å². The van der Waals surface area contributed by atoms with Crippen molar-refractivity contribution in [2.24, 2.45) is 42.3 Å². The maximum atomic E-state index is 2.26. The summed E-state index contributed by atoms with van der Waals surface area (Å²) in [7, 11) is 12.6. The lowest BCUT2D eigenvalue weighted by molar-refractivity contribution is -0.666. The Hall–Kier alpha value is -9.78. The standard InChI is InChI=1S/2C15H18N.4C14H16N/c1-11-9-13(3)15(16(4)10-11)14-8-6-5-7-12(14)2;1-11-7-5-6-8-14(11)15-9-12(2)13(3)10-16(15)4;1-11-7-4-5-9-13(11)14-12(2)8-6-10-15(14)3;1-11-7-4-5-9-13(11)14-10-6-8-12(2)15(14)3;1-11-8-9-15(3)14(10-11)13-7-5-4-6-12(13)2;1-11-8-9-14(15(3)10-11)13-7-5-4-6-12(13)2/h2*5-10H,1-4H3;4*4-10H,1-3H3/q6*+1. The summed E-state index contributed by atoms with van der Waals surface area (Å²) in [5.74, 6) is 0. The molecule has 0 saturated heterocycles. The molecule has 0 saturated carbocycles. The second-order valence-electron chi connectivity index (χ2n) is 24.9. The minimum atomic E-state index is 1.26. The van der Waals surface area contributed by atoms with Crippen LogP contribution in [0.25, 0.3) is 67.5 Å². The fraction of sp³-hybridized carbons (Fsp3) is 0.233. The Morgan fingerprint density at radius 2 is 0.609 bits per heavy atom. The molecular formula is C86H100N6+6. The normalized spacial score (nSPS) is 10.4. The summed E-state index contributed by atoms with van der Waals surface area (Å²) < 4.78 is 13.2. The van der Waals surface area contributed by atoms with Gasteiger partial charge in [-0.3, -0.25) is 0 Å². The number of pyridine rings is 6. The Labute approximate surface area is 552 Å². The van der Waals surface area contributed by atoms with Crippen LogP contribution in [-0.4, -0.2) is 0 Å². The average molecular weight is 1220 g/mol. The van der Waals surface area contributed by atoms with E-state index in [2.05, 4.69) is 410 Å². The zero-order valence-corrected chi connectivity index (χ0v) is 58.8. The smallest absolute Gasteiger partial charge is 0.201 e. The van der Waals surface area contributed by atoms with Gasteiger partial charge in [0.1, 0.15) is 42.3 Å². The first kappa shape index (κ1) is 69.7. The maximum Gasteiger partial charge on any atom is 0.215 e. The molecule has 6 heterocycles. The van der Waals surface area contributed by atoms with Crippen molar-refractivity contribution >= 4 is 0 Å². The number of rotatable bonds is 6. The molecule has 92 heavy (non-hydrogen) atoms. The van der Waals surface area contributed by atoms with Gasteiger partial charge in [-0.15, -0.1) is 0 Å². The summed E-state index contributed by atoms with van der Waals surface area (Å²) in [5, 5.41) is 0. The van der Waals surface area contributed by atoms with E-state index in [0.717, 1.165) is 0 Å². The van der Waals surface area contributed by atoms with E-state index in [-0.39, 0.29) is 0 Å². The van der Waals surface area contributed by atoms with E-state index in [1.165, 1.54) is 146 Å². The van der Waals surface area contributed by atoms with Gasteiger partial charge in [-0.2, -0.15) is 4.57 Å². The summed E-state index contributed by atoms with van der Waals surface area (Å²) in [6.45, 7) is 30.1. The second-order valence-corrected chi connectivity index (χ2v) is 24.9. The van der Waals surface area contributed by atoms with Gasteiger partial charge in [-0.05, 0) is 195 Å². The predicted octanol–water partition coefficient (Wildman–Crippen LogP) is 17.4. The highest BCUT2D eigenvalue weighted by Crippen LogP contribution is 2.27. The van der Waals surface area contributed by atoms with Crippen LogP contribution in [0, 0.1) is 96.9 Å². The van der Waals surface area contributed by atoms with Gasteiger partial charge in [0, 0.05) is 111 Å². The lowest BCUT2D eigenvalue weighted by Gasteiger charge is -2.07. The quantitative estimate of drug-likeness (QED) is 0.148. The van der Waals surface area contributed by atoms with Crippen molar-refractivity contribution in [2.75, 3.05) is 0 Å². The predicted molar refractivity (Wildman–Crippen MR) is 385 cm³/mol. The number of hydrogen-bond donors (Lipinski definition) is 0. The summed E-state index contributed by atoms with van der Waals surface area (Å²) in [5.41, 5.74) is 34.0. The zero-order chi connectivity index (χ0) is 66.8. The van der Waals surface area contributed by atoms with Crippen LogP contribution in [0.4, 0.5) is 0 Å². The molecule has 12 rings (SSSR count). The SMILES string of the molecule is Cc1cc(-c2ccccc2C)[n+](C)cc1C.Cc1cc(C)c(-c2ccccc2C)[n+](C)c1.Cc1cc[n+](C)c(-c2ccccc2C)c1.Cc1ccc(-c2ccccc2C)[n+](C)c1.Cc1ccccc1-c1c(C)ccc[n+]1C.Cc1ccccc1-c1cccc(C)[n+]1C. The van der Waals surface area contributed by atoms with Crippen LogP contribution in [0.5, 0.6) is 0 Å². The fourth-order valence-electron chi connectivity index (χ4n) is 11.8. The molecule has 0 amide bonds. The van der Waals surface area contributed by atoms with E-state index < -0.39 is 0 Å². The molecule has 0 atom stereocenters. The third-order valence-corrected chi connectivity index (χ3v) is 17.2. The van der Waals surface area contributed by atoms with Crippen molar-refractivity contribution in [2.45, 2.75) is 96.9 Å². The molecule has 0 spiro atoms. The highest BCUT2D eigenvalue weighted by atomic mass is 15.0. The topological polar surface area (TPSA) is 23.3 Å². The molecule has 0 fully saturated rings. The van der Waals surface area contributed by atoms with Crippen molar-refractivity contribution in [3.63, 3.8) is 0 Å². The molecule has 0 unspecified atom stereocenters. The molecule has 12 aromatic rings. The molecule has 0 bridgehead atoms. The first-order valence-corrected chi connectivity index (χ1v) is 32.1. The second kappa shape index (κ2) is 32.8. The minimum absolute atomic E-state index is 1.26. The van der Waals surface area contributed by atoms with E-state index in [4.69, 9.17) is 0 Å². The number of aromatic nitrogens is 6. The molecule has 6 aromatic carbocycles. The minimum Gasteiger partial charge on any atom is -0.201 e. The number of hydrogen-bond acceptors (Lipinski definition) is 0. The van der Waals surface area contributed by atoms with E-state index in [9.17, 15) is 0 Å². The van der Waals surface area contributed by atoms with Crippen molar-refractivity contribution in [3.8, 4) is 67.5 Å². The zero-order valence-electron chi connectivity index (χ0n) is 58.8. The molecule has 6 aromatic heterocycles. The van der Waals surface area contributed by atoms with Gasteiger partial charge in [0.25, 0.3) is 0 Å². The van der Waals surface area contributed by atoms with Crippen LogP contribution in [0.15, 0.2) is 243 Å². The van der Waals surface area contributed by atoms with Gasteiger partial charge in [-0.1, -0.05) is 109 Å². The molecular weight excluding hydrogens is 1120 g/mol. The first-order chi connectivity index (χ1) is 43.9. The summed E-state index contributed by atoms with van der Waals surface area (Å²) in [6, 6.07) is 74.8. The number of nitrogens with zero attached hydrogens (tertiary/aromatic N) is 6. The molecule has 0 aliphatic heterocycles. The van der Waals surface area contributed by atoms with Crippen molar-refractivity contribution in [3.05, 3.63) is 321 Å². The molecule has 6 nitrogen and oxygen atoms in total. The van der Waals surface area contributed by atoms with Gasteiger partial charge < -0.3 is 0 Å². The molecule has 0 aliphatic carbocycles. The van der Waals surface area contributed by atoms with E-state index >= 15 is 0 Å². The Morgan fingerprint density at radius 1 is 0.207 bits per heavy atom. The van der Waals surface area contributed by atoms with Gasteiger partial charge >= 0.3 is 0 Å². The third kappa shape index (κ3) is 18.2. The van der Waals surface area contributed by atoms with Gasteiger partial charge in [0.15, 0.2) is 36.7 Å². The van der Waals surface area contributed by atoms with Gasteiger partial charge in [0.2, 0.25) is 34.2 Å². The Balaban J connectivity index is 0.000000157. The molecule has 0 radical (unpaired) electrons. The van der Waals surface area contributed by atoms with E-state index in [1.807, 2.05) is 0 Å². The summed E-state index contributed by atoms with van der Waals surface area (Å²) >= 11 is 0. The van der Waals surface area contributed by atoms with Crippen LogP contribution in [-0.2, 0) is 42.3 Å². The Bertz CT molecular complexity index is 4390. The average Bonchev–Trinajstić information content (AvgIpc) is 1.15. The van der Waals surface area contributed by atoms with Crippen molar-refractivity contribution in [1.29, 1.82) is 0 Å². The van der Waals surface area contributed by atoms with Gasteiger partial charge in [0.05, 0.1) is 0 Å². The molecule has 0 N–H and O–H groups in total. The number of benzene rings is 6. The first-order valence-electron chi connectivity index (χ1n) is 32.1. The Morgan fingerprint density at radius 3 is 1.07 bits per heavy atom. The highest BCUT2D eigenvalue weighted by Gasteiger charge is 2.19. The Kier molecular flexibility index (Phi) is 24.9. The largest absolute Gasteiger partial charge is 0.215 e. The van der Waals surface area contributed by atoms with E-state index in [1.54, 1.807) is 0 Å². The van der Waals surface area contributed by atoms with Crippen LogP contribution >= 0.6 is 0 Å². The van der Waals surface area contributed by atoms with Crippen LogP contribution in [0.3, 0.4) is 0 Å². The van der Waals surface area contributed by atoms with Crippen molar-refractivity contribution in [1.82, 2.24) is 0 Å². The van der Waals surface area contributed by atoms with E-state index in [0.29, 0.717) is 0 Å². The van der Waals surface area contributed by atoms with Gasteiger partial charge in [-0.25, -0.2) is 22.8 Å². The summed E-state index contributed by atoms with van der Waals surface area (Å²) in [6.07, 6.45) is 10.7. The highest BCUT2D eigenvalue weighted by molar-refractivity contribution is 5.66. The molecule has 6 heteroatoms. The molecule has 468 valence electrons. The third-order valence-electron chi connectivity index (χ3n) is 17.2. The van der Waals surface area contributed by atoms with Crippen molar-refractivity contribution < 1.29 is 27.4 Å². The number of aryl methyl sites for hydroxylation is 19.